The molecule has 0 atom stereocenters. The van der Waals surface area contributed by atoms with Crippen LogP contribution in [0.3, 0.4) is 0 Å². The second-order valence-electron chi connectivity index (χ2n) is 4.46. The van der Waals surface area contributed by atoms with Gasteiger partial charge in [-0.15, -0.1) is 0 Å². The average Bonchev–Trinajstić information content (AvgIpc) is 2.28. The molecule has 5 heteroatoms. The zero-order chi connectivity index (χ0) is 12.0. The van der Waals surface area contributed by atoms with E-state index in [0.717, 1.165) is 32.2 Å². The minimum absolute atomic E-state index is 0.0525. The highest BCUT2D eigenvalue weighted by molar-refractivity contribution is 5.80. The minimum Gasteiger partial charge on any atom is -0.370 e. The lowest BCUT2D eigenvalue weighted by Crippen LogP contribution is -2.35. The van der Waals surface area contributed by atoms with E-state index >= 15 is 0 Å². The zero-order valence-corrected chi connectivity index (χ0v) is 9.58. The maximum absolute atomic E-state index is 11.7. The third kappa shape index (κ3) is 4.18. The Morgan fingerprint density at radius 1 is 1.19 bits per heavy atom. The molecule has 1 aliphatic rings. The number of carbonyl (C=O) groups is 2. The molecule has 0 unspecified atom stereocenters. The van der Waals surface area contributed by atoms with Gasteiger partial charge in [-0.25, -0.2) is 0 Å². The number of amides is 2. The van der Waals surface area contributed by atoms with Gasteiger partial charge in [0.15, 0.2) is 0 Å². The standard InChI is InChI=1S/C11H21N3O2/c12-7-8-1-3-9(4-2-8)11(16)14-6-5-10(13)15/h8-9H,1-7,12H2,(H2,13,15)(H,14,16). The summed E-state index contributed by atoms with van der Waals surface area (Å²) in [6.07, 6.45) is 4.09. The fraction of sp³-hybridized carbons (Fsp3) is 0.818. The molecule has 2 amide bonds. The van der Waals surface area contributed by atoms with E-state index in [0.29, 0.717) is 12.5 Å². The fourth-order valence-electron chi connectivity index (χ4n) is 2.11. The van der Waals surface area contributed by atoms with Gasteiger partial charge in [-0.05, 0) is 38.1 Å². The van der Waals surface area contributed by atoms with Crippen LogP contribution in [0.4, 0.5) is 0 Å². The van der Waals surface area contributed by atoms with Crippen molar-refractivity contribution in [2.75, 3.05) is 13.1 Å². The molecule has 0 bridgehead atoms. The monoisotopic (exact) mass is 227 g/mol. The van der Waals surface area contributed by atoms with Gasteiger partial charge in [0.1, 0.15) is 0 Å². The number of hydrogen-bond donors (Lipinski definition) is 3. The van der Waals surface area contributed by atoms with Crippen molar-refractivity contribution in [2.45, 2.75) is 32.1 Å². The second kappa shape index (κ2) is 6.48. The van der Waals surface area contributed by atoms with Crippen LogP contribution in [0, 0.1) is 11.8 Å². The molecule has 0 aromatic heterocycles. The van der Waals surface area contributed by atoms with E-state index in [2.05, 4.69) is 5.32 Å². The van der Waals surface area contributed by atoms with Crippen molar-refractivity contribution in [1.82, 2.24) is 5.32 Å². The molecule has 0 aliphatic heterocycles. The third-order valence-corrected chi connectivity index (χ3v) is 3.22. The van der Waals surface area contributed by atoms with Crippen LogP contribution in [0.2, 0.25) is 0 Å². The molecule has 1 fully saturated rings. The predicted molar refractivity (Wildman–Crippen MR) is 61.3 cm³/mol. The summed E-state index contributed by atoms with van der Waals surface area (Å²) in [5.41, 5.74) is 10.6. The number of nitrogens with one attached hydrogen (secondary N) is 1. The van der Waals surface area contributed by atoms with Gasteiger partial charge in [0.25, 0.3) is 0 Å². The number of rotatable bonds is 5. The molecule has 0 saturated heterocycles. The molecular formula is C11H21N3O2. The largest absolute Gasteiger partial charge is 0.370 e. The quantitative estimate of drug-likeness (QED) is 0.603. The Kier molecular flexibility index (Phi) is 5.25. The number of carbonyl (C=O) groups excluding carboxylic acids is 2. The van der Waals surface area contributed by atoms with Gasteiger partial charge in [-0.2, -0.15) is 0 Å². The van der Waals surface area contributed by atoms with Crippen LogP contribution < -0.4 is 16.8 Å². The molecule has 0 radical (unpaired) electrons. The van der Waals surface area contributed by atoms with Crippen molar-refractivity contribution in [2.24, 2.45) is 23.3 Å². The van der Waals surface area contributed by atoms with E-state index < -0.39 is 0 Å². The summed E-state index contributed by atoms with van der Waals surface area (Å²) in [7, 11) is 0. The van der Waals surface area contributed by atoms with Crippen molar-refractivity contribution in [1.29, 1.82) is 0 Å². The second-order valence-corrected chi connectivity index (χ2v) is 4.46. The van der Waals surface area contributed by atoms with E-state index in [1.807, 2.05) is 0 Å². The number of nitrogens with two attached hydrogens (primary N) is 2. The van der Waals surface area contributed by atoms with Crippen molar-refractivity contribution in [3.05, 3.63) is 0 Å². The molecule has 0 spiro atoms. The lowest BCUT2D eigenvalue weighted by atomic mass is 9.81. The molecule has 5 N–H and O–H groups in total. The average molecular weight is 227 g/mol. The smallest absolute Gasteiger partial charge is 0.223 e. The van der Waals surface area contributed by atoms with Gasteiger partial charge in [0.05, 0.1) is 0 Å². The molecule has 0 aromatic carbocycles. The van der Waals surface area contributed by atoms with E-state index in [-0.39, 0.29) is 24.2 Å². The molecule has 1 aliphatic carbocycles. The van der Waals surface area contributed by atoms with Crippen LogP contribution in [0.1, 0.15) is 32.1 Å². The van der Waals surface area contributed by atoms with E-state index in [1.54, 1.807) is 0 Å². The number of hydrogen-bond acceptors (Lipinski definition) is 3. The van der Waals surface area contributed by atoms with Crippen LogP contribution in [-0.2, 0) is 9.59 Å². The van der Waals surface area contributed by atoms with Gasteiger partial charge in [-0.1, -0.05) is 0 Å². The van der Waals surface area contributed by atoms with Gasteiger partial charge >= 0.3 is 0 Å². The minimum atomic E-state index is -0.382. The first-order chi connectivity index (χ1) is 7.63. The molecular weight excluding hydrogens is 206 g/mol. The summed E-state index contributed by atoms with van der Waals surface area (Å²) in [5.74, 6) is 0.342. The lowest BCUT2D eigenvalue weighted by molar-refractivity contribution is -0.126. The Labute approximate surface area is 95.9 Å². The Morgan fingerprint density at radius 2 is 1.81 bits per heavy atom. The summed E-state index contributed by atoms with van der Waals surface area (Å²) >= 11 is 0. The lowest BCUT2D eigenvalue weighted by Gasteiger charge is -2.26. The van der Waals surface area contributed by atoms with Crippen molar-refractivity contribution >= 4 is 11.8 Å². The van der Waals surface area contributed by atoms with E-state index in [1.165, 1.54) is 0 Å². The first kappa shape index (κ1) is 13.0. The van der Waals surface area contributed by atoms with Gasteiger partial charge in [0, 0.05) is 18.9 Å². The summed E-state index contributed by atoms with van der Waals surface area (Å²) < 4.78 is 0. The van der Waals surface area contributed by atoms with Crippen molar-refractivity contribution in [3.8, 4) is 0 Å². The van der Waals surface area contributed by atoms with Crippen LogP contribution in [0.25, 0.3) is 0 Å². The highest BCUT2D eigenvalue weighted by Crippen LogP contribution is 2.27. The third-order valence-electron chi connectivity index (χ3n) is 3.22. The van der Waals surface area contributed by atoms with Crippen LogP contribution in [0.15, 0.2) is 0 Å². The Balaban J connectivity index is 2.20. The number of primary amides is 1. The Hall–Kier alpha value is -1.10. The van der Waals surface area contributed by atoms with Crippen molar-refractivity contribution in [3.63, 3.8) is 0 Å². The van der Waals surface area contributed by atoms with Crippen LogP contribution in [-0.4, -0.2) is 24.9 Å². The molecule has 1 saturated carbocycles. The van der Waals surface area contributed by atoms with Gasteiger partial charge < -0.3 is 16.8 Å². The van der Waals surface area contributed by atoms with Crippen LogP contribution >= 0.6 is 0 Å². The maximum Gasteiger partial charge on any atom is 0.223 e. The van der Waals surface area contributed by atoms with Crippen molar-refractivity contribution < 1.29 is 9.59 Å². The summed E-state index contributed by atoms with van der Waals surface area (Å²) in [5, 5.41) is 2.75. The molecule has 0 heterocycles. The normalized spacial score (nSPS) is 25.1. The summed E-state index contributed by atoms with van der Waals surface area (Å²) in [4.78, 5) is 22.2. The zero-order valence-electron chi connectivity index (χ0n) is 9.58. The van der Waals surface area contributed by atoms with Gasteiger partial charge in [0.2, 0.25) is 11.8 Å². The highest BCUT2D eigenvalue weighted by Gasteiger charge is 2.25. The topological polar surface area (TPSA) is 98.2 Å². The maximum atomic E-state index is 11.7. The molecule has 1 rings (SSSR count). The summed E-state index contributed by atoms with van der Waals surface area (Å²) in [6.45, 7) is 1.07. The van der Waals surface area contributed by atoms with Crippen LogP contribution in [0.5, 0.6) is 0 Å². The predicted octanol–water partition coefficient (Wildman–Crippen LogP) is -0.257. The van der Waals surface area contributed by atoms with Gasteiger partial charge in [-0.3, -0.25) is 9.59 Å². The Bertz CT molecular complexity index is 248. The Morgan fingerprint density at radius 3 is 2.31 bits per heavy atom. The molecule has 5 nitrogen and oxygen atoms in total. The van der Waals surface area contributed by atoms with E-state index in [4.69, 9.17) is 11.5 Å². The molecule has 0 aromatic rings. The fourth-order valence-corrected chi connectivity index (χ4v) is 2.11. The highest BCUT2D eigenvalue weighted by atomic mass is 16.2. The van der Waals surface area contributed by atoms with E-state index in [9.17, 15) is 9.59 Å². The first-order valence-electron chi connectivity index (χ1n) is 5.89. The molecule has 16 heavy (non-hydrogen) atoms. The SMILES string of the molecule is NCC1CCC(C(=O)NCCC(N)=O)CC1. The molecule has 92 valence electrons. The summed E-state index contributed by atoms with van der Waals surface area (Å²) in [6, 6.07) is 0. The first-order valence-corrected chi connectivity index (χ1v) is 5.89.